The van der Waals surface area contributed by atoms with Gasteiger partial charge in [-0.2, -0.15) is 0 Å². The van der Waals surface area contributed by atoms with Crippen molar-refractivity contribution >= 4 is 27.2 Å². The van der Waals surface area contributed by atoms with Crippen LogP contribution in [0.3, 0.4) is 0 Å². The summed E-state index contributed by atoms with van der Waals surface area (Å²) >= 11 is 0. The van der Waals surface area contributed by atoms with E-state index in [1.165, 1.54) is 36.5 Å². The Morgan fingerprint density at radius 3 is 2.33 bits per heavy atom. The van der Waals surface area contributed by atoms with Crippen molar-refractivity contribution in [2.45, 2.75) is 4.90 Å². The Kier molecular flexibility index (Phi) is 4.43. The Balaban J connectivity index is 1.73. The van der Waals surface area contributed by atoms with Crippen LogP contribution in [-0.2, 0) is 10.0 Å². The molecule has 2 aromatic carbocycles. The number of sulfonamides is 1. The lowest BCUT2D eigenvalue weighted by molar-refractivity contribution is 0.601. The first-order valence-electron chi connectivity index (χ1n) is 7.09. The Labute approximate surface area is 139 Å². The van der Waals surface area contributed by atoms with Gasteiger partial charge in [0.25, 0.3) is 10.0 Å². The van der Waals surface area contributed by atoms with Crippen LogP contribution in [0, 0.1) is 5.82 Å². The molecule has 2 N–H and O–H groups in total. The third-order valence-electron chi connectivity index (χ3n) is 3.17. The predicted molar refractivity (Wildman–Crippen MR) is 91.2 cm³/mol. The first kappa shape index (κ1) is 15.9. The molecule has 1 aromatic heterocycles. The Morgan fingerprint density at radius 2 is 1.67 bits per heavy atom. The molecule has 0 spiro atoms. The van der Waals surface area contributed by atoms with Crippen LogP contribution in [0.25, 0.3) is 0 Å². The molecule has 0 unspecified atom stereocenters. The van der Waals surface area contributed by atoms with E-state index in [0.29, 0.717) is 11.4 Å². The molecule has 7 heteroatoms. The van der Waals surface area contributed by atoms with Gasteiger partial charge in [0, 0.05) is 5.69 Å². The molecule has 0 aliphatic rings. The van der Waals surface area contributed by atoms with E-state index in [1.807, 2.05) is 0 Å². The summed E-state index contributed by atoms with van der Waals surface area (Å²) in [7, 11) is -3.67. The first-order valence-corrected chi connectivity index (χ1v) is 8.58. The second-order valence-electron chi connectivity index (χ2n) is 4.99. The van der Waals surface area contributed by atoms with Crippen LogP contribution < -0.4 is 10.0 Å². The van der Waals surface area contributed by atoms with Crippen LogP contribution in [-0.4, -0.2) is 13.4 Å². The lowest BCUT2D eigenvalue weighted by Gasteiger charge is -2.09. The van der Waals surface area contributed by atoms with E-state index in [0.717, 1.165) is 0 Å². The summed E-state index contributed by atoms with van der Waals surface area (Å²) in [6.45, 7) is 0. The van der Waals surface area contributed by atoms with Crippen molar-refractivity contribution in [2.75, 3.05) is 10.0 Å². The molecule has 0 aliphatic heterocycles. The van der Waals surface area contributed by atoms with Gasteiger partial charge in [0.15, 0.2) is 0 Å². The van der Waals surface area contributed by atoms with Gasteiger partial charge in [0.1, 0.15) is 11.6 Å². The van der Waals surface area contributed by atoms with Crippen LogP contribution in [0.1, 0.15) is 0 Å². The average Bonchev–Trinajstić information content (AvgIpc) is 2.57. The van der Waals surface area contributed by atoms with Crippen molar-refractivity contribution in [3.8, 4) is 0 Å². The Hall–Kier alpha value is -2.93. The number of hydrogen-bond donors (Lipinski definition) is 2. The number of benzene rings is 2. The van der Waals surface area contributed by atoms with E-state index in [4.69, 9.17) is 0 Å². The smallest absolute Gasteiger partial charge is 0.263 e. The van der Waals surface area contributed by atoms with Crippen molar-refractivity contribution in [1.29, 1.82) is 0 Å². The fourth-order valence-electron chi connectivity index (χ4n) is 2.06. The second-order valence-corrected chi connectivity index (χ2v) is 6.67. The number of nitrogens with one attached hydrogen (secondary N) is 2. The van der Waals surface area contributed by atoms with E-state index in [9.17, 15) is 12.8 Å². The minimum Gasteiger partial charge on any atom is -0.354 e. The van der Waals surface area contributed by atoms with Crippen molar-refractivity contribution in [3.63, 3.8) is 0 Å². The number of anilines is 3. The maximum atomic E-state index is 13.1. The van der Waals surface area contributed by atoms with Crippen LogP contribution in [0.2, 0.25) is 0 Å². The monoisotopic (exact) mass is 343 g/mol. The number of rotatable bonds is 5. The first-order chi connectivity index (χ1) is 11.5. The summed E-state index contributed by atoms with van der Waals surface area (Å²) in [4.78, 5) is 4.22. The molecule has 0 saturated heterocycles. The third kappa shape index (κ3) is 3.88. The number of pyridine rings is 1. The largest absolute Gasteiger partial charge is 0.354 e. The topological polar surface area (TPSA) is 71.1 Å². The molecule has 3 aromatic rings. The normalized spacial score (nSPS) is 11.0. The summed E-state index contributed by atoms with van der Waals surface area (Å²) in [5.41, 5.74) is 1.19. The molecule has 0 saturated carbocycles. The molecule has 0 radical (unpaired) electrons. The highest BCUT2D eigenvalue weighted by atomic mass is 32.2. The maximum absolute atomic E-state index is 13.1. The Bertz CT molecular complexity index is 930. The maximum Gasteiger partial charge on any atom is 0.263 e. The van der Waals surface area contributed by atoms with Crippen LogP contribution in [0.15, 0.2) is 77.8 Å². The van der Waals surface area contributed by atoms with Gasteiger partial charge in [0.05, 0.1) is 16.8 Å². The van der Waals surface area contributed by atoms with Crippen molar-refractivity contribution in [3.05, 3.63) is 78.7 Å². The van der Waals surface area contributed by atoms with E-state index in [1.54, 1.807) is 36.4 Å². The molecule has 5 nitrogen and oxygen atoms in total. The van der Waals surface area contributed by atoms with Gasteiger partial charge in [-0.05, 0) is 42.5 Å². The SMILES string of the molecule is O=S(=O)(Nc1ccc(Nc2cccc(F)c2)cn1)c1ccccc1. The summed E-state index contributed by atoms with van der Waals surface area (Å²) in [6, 6.07) is 17.2. The minimum atomic E-state index is -3.67. The zero-order valence-corrected chi connectivity index (χ0v) is 13.3. The van der Waals surface area contributed by atoms with Gasteiger partial charge in [-0.15, -0.1) is 0 Å². The molecular formula is C17H14FN3O2S. The molecule has 3 rings (SSSR count). The average molecular weight is 343 g/mol. The van der Waals surface area contributed by atoms with Crippen LogP contribution in [0.5, 0.6) is 0 Å². The number of nitrogens with zero attached hydrogens (tertiary/aromatic N) is 1. The van der Waals surface area contributed by atoms with Gasteiger partial charge in [-0.25, -0.2) is 17.8 Å². The molecule has 0 atom stereocenters. The molecule has 24 heavy (non-hydrogen) atoms. The lowest BCUT2D eigenvalue weighted by Crippen LogP contribution is -2.13. The minimum absolute atomic E-state index is 0.161. The van der Waals surface area contributed by atoms with Crippen molar-refractivity contribution in [1.82, 2.24) is 4.98 Å². The van der Waals surface area contributed by atoms with Crippen LogP contribution in [0.4, 0.5) is 21.6 Å². The number of halogens is 1. The summed E-state index contributed by atoms with van der Waals surface area (Å²) in [5.74, 6) is -0.149. The molecule has 0 fully saturated rings. The molecule has 0 amide bonds. The van der Waals surface area contributed by atoms with Gasteiger partial charge < -0.3 is 5.32 Å². The molecule has 0 bridgehead atoms. The molecule has 122 valence electrons. The quantitative estimate of drug-likeness (QED) is 0.740. The predicted octanol–water partition coefficient (Wildman–Crippen LogP) is 3.77. The molecule has 0 aliphatic carbocycles. The molecule has 1 heterocycles. The lowest BCUT2D eigenvalue weighted by atomic mass is 10.3. The van der Waals surface area contributed by atoms with Crippen molar-refractivity contribution in [2.24, 2.45) is 0 Å². The Morgan fingerprint density at radius 1 is 0.875 bits per heavy atom. The number of hydrogen-bond acceptors (Lipinski definition) is 4. The summed E-state index contributed by atoms with van der Waals surface area (Å²) < 4.78 is 40.0. The second kappa shape index (κ2) is 6.67. The fourth-order valence-corrected chi connectivity index (χ4v) is 3.09. The van der Waals surface area contributed by atoms with E-state index < -0.39 is 10.0 Å². The number of aromatic nitrogens is 1. The summed E-state index contributed by atoms with van der Waals surface area (Å²) in [5, 5.41) is 2.99. The zero-order valence-electron chi connectivity index (χ0n) is 12.5. The highest BCUT2D eigenvalue weighted by Crippen LogP contribution is 2.19. The van der Waals surface area contributed by atoms with Gasteiger partial charge in [-0.1, -0.05) is 24.3 Å². The van der Waals surface area contributed by atoms with Gasteiger partial charge in [0.2, 0.25) is 0 Å². The van der Waals surface area contributed by atoms with Crippen LogP contribution >= 0.6 is 0 Å². The van der Waals surface area contributed by atoms with E-state index in [-0.39, 0.29) is 16.5 Å². The van der Waals surface area contributed by atoms with E-state index in [2.05, 4.69) is 15.0 Å². The van der Waals surface area contributed by atoms with Gasteiger partial charge >= 0.3 is 0 Å². The fraction of sp³-hybridized carbons (Fsp3) is 0. The van der Waals surface area contributed by atoms with Crippen molar-refractivity contribution < 1.29 is 12.8 Å². The highest BCUT2D eigenvalue weighted by Gasteiger charge is 2.13. The summed E-state index contributed by atoms with van der Waals surface area (Å²) in [6.07, 6.45) is 1.47. The van der Waals surface area contributed by atoms with E-state index >= 15 is 0 Å². The zero-order chi connectivity index (χ0) is 17.0. The molecular weight excluding hydrogens is 329 g/mol. The highest BCUT2D eigenvalue weighted by molar-refractivity contribution is 7.92. The third-order valence-corrected chi connectivity index (χ3v) is 4.54. The van der Waals surface area contributed by atoms with Gasteiger partial charge in [-0.3, -0.25) is 4.72 Å². The standard InChI is InChI=1S/C17H14FN3O2S/c18-13-5-4-6-14(11-13)20-15-9-10-17(19-12-15)21-24(22,23)16-7-2-1-3-8-16/h1-12,20H,(H,19,21).